The Balaban J connectivity index is 2.22. The van der Waals surface area contributed by atoms with Gasteiger partial charge in [0.1, 0.15) is 11.5 Å². The fourth-order valence-corrected chi connectivity index (χ4v) is 2.21. The number of anilines is 1. The van der Waals surface area contributed by atoms with Crippen LogP contribution in [0.4, 0.5) is 5.69 Å². The predicted octanol–water partition coefficient (Wildman–Crippen LogP) is 1.37. The van der Waals surface area contributed by atoms with Crippen molar-refractivity contribution in [1.29, 1.82) is 0 Å². The second-order valence-electron chi connectivity index (χ2n) is 4.14. The molecule has 1 aromatic carbocycles. The summed E-state index contributed by atoms with van der Waals surface area (Å²) < 4.78 is 22.8. The highest BCUT2D eigenvalue weighted by atomic mass is 32.2. The Bertz CT molecular complexity index is 719. The SMILES string of the molecule is Cc1ncc(C(=O)Nc2cccc(S(C)(=O)=O)c2)[nH]1. The van der Waals surface area contributed by atoms with Gasteiger partial charge in [-0.2, -0.15) is 0 Å². The van der Waals surface area contributed by atoms with Crippen molar-refractivity contribution in [2.45, 2.75) is 11.8 Å². The number of nitrogens with zero attached hydrogens (tertiary/aromatic N) is 1. The summed E-state index contributed by atoms with van der Waals surface area (Å²) in [6, 6.07) is 6.09. The van der Waals surface area contributed by atoms with Crippen LogP contribution in [0.2, 0.25) is 0 Å². The maximum Gasteiger partial charge on any atom is 0.273 e. The largest absolute Gasteiger partial charge is 0.338 e. The lowest BCUT2D eigenvalue weighted by atomic mass is 10.3. The van der Waals surface area contributed by atoms with Gasteiger partial charge in [-0.25, -0.2) is 13.4 Å². The van der Waals surface area contributed by atoms with Crippen LogP contribution in [0, 0.1) is 6.92 Å². The van der Waals surface area contributed by atoms with E-state index in [1.54, 1.807) is 19.1 Å². The third-order valence-electron chi connectivity index (χ3n) is 2.47. The van der Waals surface area contributed by atoms with Crippen LogP contribution in [0.1, 0.15) is 16.3 Å². The van der Waals surface area contributed by atoms with Gasteiger partial charge < -0.3 is 10.3 Å². The summed E-state index contributed by atoms with van der Waals surface area (Å²) in [7, 11) is -3.29. The molecule has 2 N–H and O–H groups in total. The molecular weight excluding hydrogens is 266 g/mol. The Morgan fingerprint density at radius 3 is 2.68 bits per heavy atom. The van der Waals surface area contributed by atoms with Gasteiger partial charge in [0.05, 0.1) is 11.1 Å². The van der Waals surface area contributed by atoms with Crippen LogP contribution >= 0.6 is 0 Å². The Morgan fingerprint density at radius 1 is 1.37 bits per heavy atom. The molecule has 0 saturated carbocycles. The number of hydrogen-bond donors (Lipinski definition) is 2. The molecule has 2 aromatic rings. The first-order valence-corrected chi connectivity index (χ1v) is 7.38. The van der Waals surface area contributed by atoms with Crippen LogP contribution in [0.25, 0.3) is 0 Å². The summed E-state index contributed by atoms with van der Waals surface area (Å²) in [5.74, 6) is 0.265. The minimum Gasteiger partial charge on any atom is -0.338 e. The summed E-state index contributed by atoms with van der Waals surface area (Å²) in [5.41, 5.74) is 0.738. The molecule has 0 atom stereocenters. The molecule has 1 amide bonds. The third-order valence-corrected chi connectivity index (χ3v) is 3.58. The number of aromatic amines is 1. The first-order chi connectivity index (χ1) is 8.86. The lowest BCUT2D eigenvalue weighted by molar-refractivity contribution is 0.102. The van der Waals surface area contributed by atoms with Gasteiger partial charge in [0.15, 0.2) is 9.84 Å². The van der Waals surface area contributed by atoms with Gasteiger partial charge in [-0.3, -0.25) is 4.79 Å². The number of benzene rings is 1. The number of nitrogens with one attached hydrogen (secondary N) is 2. The molecule has 6 nitrogen and oxygen atoms in total. The molecule has 0 aliphatic heterocycles. The molecule has 1 aromatic heterocycles. The van der Waals surface area contributed by atoms with Crippen LogP contribution in [0.15, 0.2) is 35.4 Å². The molecule has 0 radical (unpaired) electrons. The monoisotopic (exact) mass is 279 g/mol. The lowest BCUT2D eigenvalue weighted by Gasteiger charge is -2.05. The van der Waals surface area contributed by atoms with E-state index in [0.29, 0.717) is 17.2 Å². The van der Waals surface area contributed by atoms with Crippen molar-refractivity contribution in [2.75, 3.05) is 11.6 Å². The maximum atomic E-state index is 11.9. The van der Waals surface area contributed by atoms with Crippen LogP contribution < -0.4 is 5.32 Å². The van der Waals surface area contributed by atoms with Crippen molar-refractivity contribution in [2.24, 2.45) is 0 Å². The molecule has 19 heavy (non-hydrogen) atoms. The molecule has 7 heteroatoms. The van der Waals surface area contributed by atoms with E-state index in [1.165, 1.54) is 18.3 Å². The summed E-state index contributed by atoms with van der Waals surface area (Å²) in [6.07, 6.45) is 2.54. The second kappa shape index (κ2) is 4.85. The van der Waals surface area contributed by atoms with Crippen molar-refractivity contribution < 1.29 is 13.2 Å². The first-order valence-electron chi connectivity index (χ1n) is 5.49. The molecule has 0 unspecified atom stereocenters. The average Bonchev–Trinajstić information content (AvgIpc) is 2.75. The van der Waals surface area contributed by atoms with Gasteiger partial charge in [0.25, 0.3) is 5.91 Å². The van der Waals surface area contributed by atoms with Gasteiger partial charge in [-0.1, -0.05) is 6.07 Å². The Morgan fingerprint density at radius 2 is 2.11 bits per heavy atom. The molecule has 0 saturated heterocycles. The number of aryl methyl sites for hydroxylation is 1. The van der Waals surface area contributed by atoms with Crippen LogP contribution in [0.3, 0.4) is 0 Å². The molecule has 0 bridgehead atoms. The number of carbonyl (C=O) groups is 1. The number of amides is 1. The van der Waals surface area contributed by atoms with Crippen LogP contribution in [-0.2, 0) is 9.84 Å². The Labute approximate surface area is 110 Å². The number of rotatable bonds is 3. The zero-order valence-corrected chi connectivity index (χ0v) is 11.3. The van der Waals surface area contributed by atoms with Gasteiger partial charge in [0, 0.05) is 11.9 Å². The molecule has 100 valence electrons. The zero-order chi connectivity index (χ0) is 14.0. The van der Waals surface area contributed by atoms with Gasteiger partial charge >= 0.3 is 0 Å². The number of aromatic nitrogens is 2. The van der Waals surface area contributed by atoms with E-state index in [0.717, 1.165) is 6.26 Å². The minimum absolute atomic E-state index is 0.158. The fraction of sp³-hybridized carbons (Fsp3) is 0.167. The van der Waals surface area contributed by atoms with Crippen molar-refractivity contribution in [1.82, 2.24) is 9.97 Å². The van der Waals surface area contributed by atoms with E-state index >= 15 is 0 Å². The molecule has 0 aliphatic carbocycles. The second-order valence-corrected chi connectivity index (χ2v) is 6.15. The van der Waals surface area contributed by atoms with Crippen LogP contribution in [0.5, 0.6) is 0 Å². The smallest absolute Gasteiger partial charge is 0.273 e. The molecule has 1 heterocycles. The number of hydrogen-bond acceptors (Lipinski definition) is 4. The van der Waals surface area contributed by atoms with Crippen molar-refractivity contribution in [3.8, 4) is 0 Å². The Hall–Kier alpha value is -2.15. The quantitative estimate of drug-likeness (QED) is 0.887. The lowest BCUT2D eigenvalue weighted by Crippen LogP contribution is -2.12. The fourth-order valence-electron chi connectivity index (χ4n) is 1.54. The normalized spacial score (nSPS) is 11.3. The summed E-state index contributed by atoms with van der Waals surface area (Å²) >= 11 is 0. The molecule has 0 spiro atoms. The topological polar surface area (TPSA) is 91.9 Å². The van der Waals surface area contributed by atoms with E-state index < -0.39 is 9.84 Å². The molecular formula is C12H13N3O3S. The van der Waals surface area contributed by atoms with Crippen molar-refractivity contribution >= 4 is 21.4 Å². The van der Waals surface area contributed by atoms with E-state index in [2.05, 4.69) is 15.3 Å². The summed E-state index contributed by atoms with van der Waals surface area (Å²) in [6.45, 7) is 1.74. The third kappa shape index (κ3) is 3.19. The van der Waals surface area contributed by atoms with Crippen LogP contribution in [-0.4, -0.2) is 30.5 Å². The minimum atomic E-state index is -3.29. The highest BCUT2D eigenvalue weighted by Crippen LogP contribution is 2.15. The molecule has 0 fully saturated rings. The van der Waals surface area contributed by atoms with Gasteiger partial charge in [-0.15, -0.1) is 0 Å². The van der Waals surface area contributed by atoms with Gasteiger partial charge in [-0.05, 0) is 25.1 Å². The van der Waals surface area contributed by atoms with E-state index in [-0.39, 0.29) is 10.8 Å². The number of sulfone groups is 1. The van der Waals surface area contributed by atoms with E-state index in [1.807, 2.05) is 0 Å². The van der Waals surface area contributed by atoms with Gasteiger partial charge in [0.2, 0.25) is 0 Å². The van der Waals surface area contributed by atoms with E-state index in [4.69, 9.17) is 0 Å². The number of carbonyl (C=O) groups excluding carboxylic acids is 1. The highest BCUT2D eigenvalue weighted by molar-refractivity contribution is 7.90. The number of H-pyrrole nitrogens is 1. The predicted molar refractivity (Wildman–Crippen MR) is 70.8 cm³/mol. The van der Waals surface area contributed by atoms with Crippen molar-refractivity contribution in [3.63, 3.8) is 0 Å². The standard InChI is InChI=1S/C12H13N3O3S/c1-8-13-7-11(14-8)12(16)15-9-4-3-5-10(6-9)19(2,17)18/h3-7H,1-2H3,(H,13,14)(H,15,16). The van der Waals surface area contributed by atoms with E-state index in [9.17, 15) is 13.2 Å². The summed E-state index contributed by atoms with van der Waals surface area (Å²) in [4.78, 5) is 18.7. The average molecular weight is 279 g/mol. The summed E-state index contributed by atoms with van der Waals surface area (Å²) in [5, 5.41) is 2.61. The Kier molecular flexibility index (Phi) is 3.39. The number of imidazole rings is 1. The molecule has 0 aliphatic rings. The van der Waals surface area contributed by atoms with Crippen molar-refractivity contribution in [3.05, 3.63) is 42.0 Å². The maximum absolute atomic E-state index is 11.9. The highest BCUT2D eigenvalue weighted by Gasteiger charge is 2.11. The first kappa shape index (κ1) is 13.3. The molecule has 2 rings (SSSR count). The zero-order valence-electron chi connectivity index (χ0n) is 10.5.